The summed E-state index contributed by atoms with van der Waals surface area (Å²) in [5.41, 5.74) is 4.76. The second-order valence-corrected chi connectivity index (χ2v) is 11.8. The molecule has 194 valence electrons. The van der Waals surface area contributed by atoms with E-state index in [0.717, 1.165) is 27.0 Å². The van der Waals surface area contributed by atoms with Gasteiger partial charge in [0.05, 0.1) is 33.8 Å². The van der Waals surface area contributed by atoms with E-state index in [1.165, 1.54) is 23.1 Å². The average molecular weight is 543 g/mol. The molecule has 0 radical (unpaired) electrons. The second kappa shape index (κ2) is 11.7. The molecule has 4 rings (SSSR count). The number of hydrogen-bond acceptors (Lipinski definition) is 7. The van der Waals surface area contributed by atoms with Gasteiger partial charge in [-0.15, -0.1) is 11.3 Å². The number of nitrogens with one attached hydrogen (secondary N) is 2. The van der Waals surface area contributed by atoms with Gasteiger partial charge >= 0.3 is 0 Å². The number of ether oxygens (including phenoxy) is 1. The summed E-state index contributed by atoms with van der Waals surface area (Å²) in [6.07, 6.45) is 0. The van der Waals surface area contributed by atoms with Crippen molar-refractivity contribution in [2.75, 3.05) is 23.5 Å². The molecule has 4 aromatic rings. The Morgan fingerprint density at radius 3 is 2.47 bits per heavy atom. The van der Waals surface area contributed by atoms with Crippen LogP contribution in [0.1, 0.15) is 36.9 Å². The molecule has 0 aliphatic carbocycles. The number of methoxy groups -OCH3 is 1. The number of rotatable bonds is 8. The summed E-state index contributed by atoms with van der Waals surface area (Å²) in [4.78, 5) is 17.8. The lowest BCUT2D eigenvalue weighted by molar-refractivity contribution is -0.113. The Labute approximate surface area is 231 Å². The van der Waals surface area contributed by atoms with Crippen LogP contribution in [-0.4, -0.2) is 23.8 Å². The summed E-state index contributed by atoms with van der Waals surface area (Å²) in [6.45, 7) is 8.36. The number of aryl methyl sites for hydroxylation is 1. The highest BCUT2D eigenvalue weighted by atomic mass is 32.2. The van der Waals surface area contributed by atoms with Crippen LogP contribution in [0.25, 0.3) is 15.8 Å². The van der Waals surface area contributed by atoms with Crippen molar-refractivity contribution in [2.45, 2.75) is 33.1 Å². The predicted octanol–water partition coefficient (Wildman–Crippen LogP) is 7.59. The SMILES string of the molecule is COc1ccc(C(C)(C)C)cc1NC(=O)CS/C(Nc1ccccc1C)=C(\C#N)c1nc2ccccc2s1. The monoisotopic (exact) mass is 542 g/mol. The number of amides is 1. The Kier molecular flexibility index (Phi) is 8.40. The van der Waals surface area contributed by atoms with E-state index in [9.17, 15) is 10.1 Å². The van der Waals surface area contributed by atoms with E-state index in [4.69, 9.17) is 4.74 Å². The number of thiazole rings is 1. The summed E-state index contributed by atoms with van der Waals surface area (Å²) in [7, 11) is 1.58. The topological polar surface area (TPSA) is 87.0 Å². The van der Waals surface area contributed by atoms with Crippen LogP contribution < -0.4 is 15.4 Å². The van der Waals surface area contributed by atoms with Gasteiger partial charge in [0.15, 0.2) is 0 Å². The van der Waals surface area contributed by atoms with E-state index in [-0.39, 0.29) is 17.1 Å². The third-order valence-electron chi connectivity index (χ3n) is 5.93. The van der Waals surface area contributed by atoms with Gasteiger partial charge < -0.3 is 15.4 Å². The van der Waals surface area contributed by atoms with Gasteiger partial charge in [-0.3, -0.25) is 4.79 Å². The summed E-state index contributed by atoms with van der Waals surface area (Å²) >= 11 is 2.73. The molecule has 0 aliphatic heterocycles. The molecule has 38 heavy (non-hydrogen) atoms. The van der Waals surface area contributed by atoms with Crippen molar-refractivity contribution in [3.8, 4) is 11.8 Å². The Balaban J connectivity index is 1.64. The van der Waals surface area contributed by atoms with Crippen molar-refractivity contribution in [3.05, 3.63) is 87.9 Å². The molecule has 0 atom stereocenters. The smallest absolute Gasteiger partial charge is 0.234 e. The van der Waals surface area contributed by atoms with Gasteiger partial charge in [0.1, 0.15) is 22.4 Å². The minimum absolute atomic E-state index is 0.0766. The number of nitriles is 1. The quantitative estimate of drug-likeness (QED) is 0.223. The summed E-state index contributed by atoms with van der Waals surface area (Å²) in [5, 5.41) is 17.8. The fourth-order valence-corrected chi connectivity index (χ4v) is 5.63. The van der Waals surface area contributed by atoms with Crippen molar-refractivity contribution < 1.29 is 9.53 Å². The standard InChI is InChI=1S/C30H30N4O2S2/c1-19-10-6-7-11-22(19)33-28(21(17-31)29-34-23-12-8-9-13-26(23)38-29)37-18-27(35)32-24-16-20(30(2,3)4)14-15-25(24)36-5/h6-16,33H,18H2,1-5H3,(H,32,35)/b28-21+. The maximum Gasteiger partial charge on any atom is 0.234 e. The number of anilines is 2. The molecule has 8 heteroatoms. The largest absolute Gasteiger partial charge is 0.495 e. The number of fused-ring (bicyclic) bond motifs is 1. The number of thioether (sulfide) groups is 1. The first-order valence-corrected chi connectivity index (χ1v) is 13.9. The van der Waals surface area contributed by atoms with Crippen molar-refractivity contribution in [1.29, 1.82) is 5.26 Å². The number of aromatic nitrogens is 1. The second-order valence-electron chi connectivity index (χ2n) is 9.74. The average Bonchev–Trinajstić information content (AvgIpc) is 3.32. The molecule has 0 saturated heterocycles. The van der Waals surface area contributed by atoms with Crippen molar-refractivity contribution in [3.63, 3.8) is 0 Å². The first-order valence-electron chi connectivity index (χ1n) is 12.1. The van der Waals surface area contributed by atoms with Crippen LogP contribution in [0.2, 0.25) is 0 Å². The third-order valence-corrected chi connectivity index (χ3v) is 7.98. The highest BCUT2D eigenvalue weighted by Gasteiger charge is 2.19. The number of para-hydroxylation sites is 2. The molecule has 1 aromatic heterocycles. The molecule has 0 bridgehead atoms. The summed E-state index contributed by atoms with van der Waals surface area (Å²) in [6, 6.07) is 23.8. The molecule has 2 N–H and O–H groups in total. The first kappa shape index (κ1) is 27.2. The van der Waals surface area contributed by atoms with Crippen molar-refractivity contribution in [2.24, 2.45) is 0 Å². The maximum atomic E-state index is 13.1. The summed E-state index contributed by atoms with van der Waals surface area (Å²) in [5.74, 6) is 0.482. The number of nitrogens with zero attached hydrogens (tertiary/aromatic N) is 2. The van der Waals surface area contributed by atoms with Gasteiger partial charge in [-0.1, -0.05) is 68.9 Å². The van der Waals surface area contributed by atoms with Crippen LogP contribution in [0.4, 0.5) is 11.4 Å². The molecule has 0 aliphatic rings. The molecule has 0 fully saturated rings. The highest BCUT2D eigenvalue weighted by molar-refractivity contribution is 8.04. The lowest BCUT2D eigenvalue weighted by Crippen LogP contribution is -2.17. The van der Waals surface area contributed by atoms with Gasteiger partial charge in [0, 0.05) is 5.69 Å². The lowest BCUT2D eigenvalue weighted by Gasteiger charge is -2.21. The van der Waals surface area contributed by atoms with Crippen LogP contribution >= 0.6 is 23.1 Å². The van der Waals surface area contributed by atoms with Crippen LogP contribution in [0.15, 0.2) is 71.8 Å². The molecular weight excluding hydrogens is 512 g/mol. The first-order chi connectivity index (χ1) is 18.2. The van der Waals surface area contributed by atoms with E-state index in [2.05, 4.69) is 42.5 Å². The molecule has 3 aromatic carbocycles. The lowest BCUT2D eigenvalue weighted by atomic mass is 9.87. The van der Waals surface area contributed by atoms with Crippen LogP contribution in [0.5, 0.6) is 5.75 Å². The molecule has 0 spiro atoms. The minimum atomic E-state index is -0.204. The van der Waals surface area contributed by atoms with Crippen LogP contribution in [0.3, 0.4) is 0 Å². The van der Waals surface area contributed by atoms with Crippen LogP contribution in [0, 0.1) is 18.3 Å². The zero-order chi connectivity index (χ0) is 27.3. The molecule has 0 saturated carbocycles. The van der Waals surface area contributed by atoms with Gasteiger partial charge in [0.25, 0.3) is 0 Å². The molecular formula is C30H30N4O2S2. The van der Waals surface area contributed by atoms with E-state index in [1.807, 2.05) is 73.7 Å². The molecule has 0 unspecified atom stereocenters. The van der Waals surface area contributed by atoms with E-state index < -0.39 is 0 Å². The molecule has 6 nitrogen and oxygen atoms in total. The van der Waals surface area contributed by atoms with E-state index >= 15 is 0 Å². The van der Waals surface area contributed by atoms with Gasteiger partial charge in [-0.05, 0) is 53.8 Å². The Bertz CT molecular complexity index is 1510. The zero-order valence-corrected chi connectivity index (χ0v) is 23.7. The van der Waals surface area contributed by atoms with E-state index in [1.54, 1.807) is 7.11 Å². The van der Waals surface area contributed by atoms with E-state index in [0.29, 0.717) is 27.0 Å². The van der Waals surface area contributed by atoms with Gasteiger partial charge in [-0.25, -0.2) is 4.98 Å². The van der Waals surface area contributed by atoms with Crippen molar-refractivity contribution in [1.82, 2.24) is 4.98 Å². The van der Waals surface area contributed by atoms with Crippen molar-refractivity contribution >= 4 is 56.2 Å². The number of hydrogen-bond donors (Lipinski definition) is 2. The molecule has 1 heterocycles. The Hall–Kier alpha value is -3.80. The maximum absolute atomic E-state index is 13.1. The Morgan fingerprint density at radius 1 is 1.05 bits per heavy atom. The highest BCUT2D eigenvalue weighted by Crippen LogP contribution is 2.35. The molecule has 1 amide bonds. The van der Waals surface area contributed by atoms with Gasteiger partial charge in [-0.2, -0.15) is 5.26 Å². The number of benzene rings is 3. The summed E-state index contributed by atoms with van der Waals surface area (Å²) < 4.78 is 6.48. The Morgan fingerprint density at radius 2 is 1.79 bits per heavy atom. The fraction of sp³-hybridized carbons (Fsp3) is 0.233. The number of carbonyl (C=O) groups excluding carboxylic acids is 1. The fourth-order valence-electron chi connectivity index (χ4n) is 3.78. The zero-order valence-electron chi connectivity index (χ0n) is 22.1. The number of carbonyl (C=O) groups is 1. The van der Waals surface area contributed by atoms with Gasteiger partial charge in [0.2, 0.25) is 5.91 Å². The predicted molar refractivity (Wildman–Crippen MR) is 160 cm³/mol. The third kappa shape index (κ3) is 6.36. The normalized spacial score (nSPS) is 12.0. The van der Waals surface area contributed by atoms with Crippen LogP contribution in [-0.2, 0) is 10.2 Å². The number of allylic oxidation sites excluding steroid dienone is 1. The minimum Gasteiger partial charge on any atom is -0.495 e.